The first-order valence-electron chi connectivity index (χ1n) is 5.79. The van der Waals surface area contributed by atoms with Gasteiger partial charge in [-0.3, -0.25) is 4.98 Å². The summed E-state index contributed by atoms with van der Waals surface area (Å²) in [6.07, 6.45) is 4.31. The van der Waals surface area contributed by atoms with E-state index in [0.29, 0.717) is 5.82 Å². The highest BCUT2D eigenvalue weighted by atomic mass is 15.3. The number of nitrogens with zero attached hydrogens (tertiary/aromatic N) is 2. The van der Waals surface area contributed by atoms with Crippen LogP contribution in [-0.4, -0.2) is 15.5 Å². The van der Waals surface area contributed by atoms with Crippen molar-refractivity contribution in [3.63, 3.8) is 0 Å². The minimum absolute atomic E-state index is 0.0415. The predicted octanol–water partition coefficient (Wildman–Crippen LogP) is 2.39. The number of nitrogens with two attached hydrogens (primary N) is 1. The molecule has 0 radical (unpaired) electrons. The summed E-state index contributed by atoms with van der Waals surface area (Å²) in [4.78, 5) is 8.37. The molecule has 0 spiro atoms. The smallest absolute Gasteiger partial charge is 0.160 e. The lowest BCUT2D eigenvalue weighted by Crippen LogP contribution is -2.35. The minimum atomic E-state index is -0.0415. The summed E-state index contributed by atoms with van der Waals surface area (Å²) in [6, 6.07) is 0. The quantitative estimate of drug-likeness (QED) is 0.554. The molecule has 0 atom stereocenters. The van der Waals surface area contributed by atoms with E-state index >= 15 is 0 Å². The fourth-order valence-electron chi connectivity index (χ4n) is 2.21. The summed E-state index contributed by atoms with van der Waals surface area (Å²) >= 11 is 0. The van der Waals surface area contributed by atoms with Crippen LogP contribution < -0.4 is 16.6 Å². The van der Waals surface area contributed by atoms with Gasteiger partial charge in [0.05, 0.1) is 12.4 Å². The summed E-state index contributed by atoms with van der Waals surface area (Å²) < 4.78 is 0. The van der Waals surface area contributed by atoms with Crippen LogP contribution in [0.4, 0.5) is 11.6 Å². The molecule has 0 aliphatic carbocycles. The first kappa shape index (κ1) is 13.7. The maximum atomic E-state index is 5.30. The first-order chi connectivity index (χ1) is 7.72. The lowest BCUT2D eigenvalue weighted by Gasteiger charge is -2.33. The van der Waals surface area contributed by atoms with Crippen LogP contribution >= 0.6 is 0 Å². The Bertz CT molecular complexity index is 367. The Morgan fingerprint density at radius 1 is 1.12 bits per heavy atom. The van der Waals surface area contributed by atoms with Crippen LogP contribution in [0, 0.1) is 5.41 Å². The summed E-state index contributed by atoms with van der Waals surface area (Å²) in [5, 5.41) is 3.38. The molecule has 1 aromatic heterocycles. The van der Waals surface area contributed by atoms with Gasteiger partial charge in [0, 0.05) is 5.54 Å². The van der Waals surface area contributed by atoms with Crippen molar-refractivity contribution >= 4 is 11.6 Å². The second-order valence-corrected chi connectivity index (χ2v) is 6.18. The average molecular weight is 237 g/mol. The van der Waals surface area contributed by atoms with Crippen molar-refractivity contribution in [2.75, 3.05) is 10.7 Å². The third-order valence-electron chi connectivity index (χ3n) is 2.22. The SMILES string of the molecule is CC(C)(C)CC(C)(C)Nc1cncc(NN)n1. The predicted molar refractivity (Wildman–Crippen MR) is 71.6 cm³/mol. The largest absolute Gasteiger partial charge is 0.364 e. The monoisotopic (exact) mass is 237 g/mol. The summed E-state index contributed by atoms with van der Waals surface area (Å²) in [7, 11) is 0. The summed E-state index contributed by atoms with van der Waals surface area (Å²) in [5.41, 5.74) is 2.70. The number of hydrogen-bond acceptors (Lipinski definition) is 5. The Morgan fingerprint density at radius 3 is 2.24 bits per heavy atom. The van der Waals surface area contributed by atoms with E-state index in [4.69, 9.17) is 5.84 Å². The van der Waals surface area contributed by atoms with E-state index in [2.05, 4.69) is 55.3 Å². The molecule has 0 aliphatic rings. The molecule has 0 saturated heterocycles. The molecular weight excluding hydrogens is 214 g/mol. The van der Waals surface area contributed by atoms with Gasteiger partial charge in [-0.2, -0.15) is 0 Å². The zero-order chi connectivity index (χ0) is 13.1. The fraction of sp³-hybridized carbons (Fsp3) is 0.667. The standard InChI is InChI=1S/C12H23N5/c1-11(2,3)8-12(4,5)16-9-6-14-7-10(15-9)17-13/h6-7H,8,13H2,1-5H3,(H2,15,16,17). The molecule has 0 fully saturated rings. The van der Waals surface area contributed by atoms with Gasteiger partial charge in [0.25, 0.3) is 0 Å². The first-order valence-corrected chi connectivity index (χ1v) is 5.79. The van der Waals surface area contributed by atoms with Crippen LogP contribution in [0.15, 0.2) is 12.4 Å². The Kier molecular flexibility index (Phi) is 3.93. The summed E-state index contributed by atoms with van der Waals surface area (Å²) in [6.45, 7) is 11.0. The number of rotatable bonds is 4. The Labute approximate surface area is 103 Å². The number of anilines is 2. The summed E-state index contributed by atoms with van der Waals surface area (Å²) in [5.74, 6) is 6.59. The molecule has 4 N–H and O–H groups in total. The van der Waals surface area contributed by atoms with Gasteiger partial charge in [-0.25, -0.2) is 10.8 Å². The van der Waals surface area contributed by atoms with Crippen molar-refractivity contribution in [3.05, 3.63) is 12.4 Å². The number of hydrazine groups is 1. The Hall–Kier alpha value is -1.36. The molecule has 1 heterocycles. The van der Waals surface area contributed by atoms with Gasteiger partial charge in [-0.05, 0) is 25.7 Å². The Balaban J connectivity index is 2.75. The van der Waals surface area contributed by atoms with E-state index in [-0.39, 0.29) is 11.0 Å². The van der Waals surface area contributed by atoms with Crippen LogP contribution in [0.5, 0.6) is 0 Å². The van der Waals surface area contributed by atoms with Crippen molar-refractivity contribution < 1.29 is 0 Å². The van der Waals surface area contributed by atoms with Gasteiger partial charge >= 0.3 is 0 Å². The second-order valence-electron chi connectivity index (χ2n) is 6.18. The van der Waals surface area contributed by atoms with Gasteiger partial charge < -0.3 is 10.7 Å². The van der Waals surface area contributed by atoms with Gasteiger partial charge in [0.2, 0.25) is 0 Å². The molecule has 1 aromatic rings. The molecule has 96 valence electrons. The molecule has 17 heavy (non-hydrogen) atoms. The molecule has 0 unspecified atom stereocenters. The zero-order valence-electron chi connectivity index (χ0n) is 11.3. The van der Waals surface area contributed by atoms with Crippen LogP contribution in [0.2, 0.25) is 0 Å². The van der Waals surface area contributed by atoms with Crippen LogP contribution in [0.1, 0.15) is 41.0 Å². The van der Waals surface area contributed by atoms with E-state index in [9.17, 15) is 0 Å². The molecule has 0 amide bonds. The molecule has 1 rings (SSSR count). The highest BCUT2D eigenvalue weighted by Gasteiger charge is 2.25. The molecule has 0 saturated carbocycles. The number of aromatic nitrogens is 2. The maximum Gasteiger partial charge on any atom is 0.160 e. The van der Waals surface area contributed by atoms with Crippen molar-refractivity contribution in [2.24, 2.45) is 11.3 Å². The van der Waals surface area contributed by atoms with Crippen molar-refractivity contribution in [3.8, 4) is 0 Å². The van der Waals surface area contributed by atoms with E-state index < -0.39 is 0 Å². The third kappa shape index (κ3) is 4.99. The van der Waals surface area contributed by atoms with Crippen molar-refractivity contribution in [1.82, 2.24) is 9.97 Å². The maximum absolute atomic E-state index is 5.30. The lowest BCUT2D eigenvalue weighted by molar-refractivity contribution is 0.302. The van der Waals surface area contributed by atoms with Gasteiger partial charge in [-0.15, -0.1) is 0 Å². The van der Waals surface area contributed by atoms with Gasteiger partial charge in [0.15, 0.2) is 5.82 Å². The Morgan fingerprint density at radius 2 is 1.71 bits per heavy atom. The molecular formula is C12H23N5. The van der Waals surface area contributed by atoms with E-state index in [1.807, 2.05) is 0 Å². The van der Waals surface area contributed by atoms with Crippen LogP contribution in [0.25, 0.3) is 0 Å². The zero-order valence-corrected chi connectivity index (χ0v) is 11.3. The number of hydrogen-bond donors (Lipinski definition) is 3. The second kappa shape index (κ2) is 4.87. The van der Waals surface area contributed by atoms with Crippen molar-refractivity contribution in [2.45, 2.75) is 46.6 Å². The third-order valence-corrected chi connectivity index (χ3v) is 2.22. The van der Waals surface area contributed by atoms with Crippen LogP contribution in [-0.2, 0) is 0 Å². The topological polar surface area (TPSA) is 75.9 Å². The number of nitrogens with one attached hydrogen (secondary N) is 2. The van der Waals surface area contributed by atoms with E-state index in [1.165, 1.54) is 0 Å². The highest BCUT2D eigenvalue weighted by molar-refractivity contribution is 5.42. The number of nitrogen functional groups attached to an aromatic ring is 1. The minimum Gasteiger partial charge on any atom is -0.364 e. The molecule has 0 aromatic carbocycles. The highest BCUT2D eigenvalue weighted by Crippen LogP contribution is 2.29. The van der Waals surface area contributed by atoms with Gasteiger partial charge in [0.1, 0.15) is 5.82 Å². The van der Waals surface area contributed by atoms with Crippen LogP contribution in [0.3, 0.4) is 0 Å². The lowest BCUT2D eigenvalue weighted by atomic mass is 9.82. The van der Waals surface area contributed by atoms with E-state index in [1.54, 1.807) is 12.4 Å². The fourth-order valence-corrected chi connectivity index (χ4v) is 2.21. The molecule has 5 nitrogen and oxygen atoms in total. The molecule has 0 bridgehead atoms. The van der Waals surface area contributed by atoms with Gasteiger partial charge in [-0.1, -0.05) is 20.8 Å². The van der Waals surface area contributed by atoms with E-state index in [0.717, 1.165) is 12.2 Å². The molecule has 5 heteroatoms. The molecule has 0 aliphatic heterocycles. The average Bonchev–Trinajstić information content (AvgIpc) is 2.13. The van der Waals surface area contributed by atoms with Crippen molar-refractivity contribution in [1.29, 1.82) is 0 Å². The normalized spacial score (nSPS) is 12.4.